The molecule has 1 N–H and O–H groups in total. The number of rotatable bonds is 2. The van der Waals surface area contributed by atoms with Crippen LogP contribution in [0, 0.1) is 11.8 Å². The highest BCUT2D eigenvalue weighted by Gasteiger charge is 2.34. The van der Waals surface area contributed by atoms with Gasteiger partial charge in [-0.1, -0.05) is 20.3 Å². The highest BCUT2D eigenvalue weighted by atomic mass is 16.5. The van der Waals surface area contributed by atoms with Crippen molar-refractivity contribution in [3.63, 3.8) is 0 Å². The Morgan fingerprint density at radius 2 is 1.87 bits per heavy atom. The lowest BCUT2D eigenvalue weighted by Gasteiger charge is -2.36. The maximum atomic E-state index is 11.4. The predicted octanol–water partition coefficient (Wildman–Crippen LogP) is 1.72. The van der Waals surface area contributed by atoms with Gasteiger partial charge in [0.2, 0.25) is 0 Å². The second kappa shape index (κ2) is 4.52. The highest BCUT2D eigenvalue weighted by molar-refractivity contribution is 5.77. The van der Waals surface area contributed by atoms with E-state index in [-0.39, 0.29) is 12.0 Å². The van der Waals surface area contributed by atoms with Crippen LogP contribution in [-0.2, 0) is 9.53 Å². The van der Waals surface area contributed by atoms with E-state index in [9.17, 15) is 4.79 Å². The molecular formula is C12H21NO2. The van der Waals surface area contributed by atoms with Crippen molar-refractivity contribution in [2.75, 3.05) is 6.61 Å². The summed E-state index contributed by atoms with van der Waals surface area (Å²) in [6, 6.07) is 0.451. The van der Waals surface area contributed by atoms with E-state index in [2.05, 4.69) is 19.2 Å². The fraction of sp³-hybridized carbons (Fsp3) is 0.917. The Kier molecular flexibility index (Phi) is 3.29. The Morgan fingerprint density at radius 3 is 2.40 bits per heavy atom. The van der Waals surface area contributed by atoms with Gasteiger partial charge in [0.05, 0.1) is 6.61 Å². The van der Waals surface area contributed by atoms with Gasteiger partial charge in [0, 0.05) is 12.5 Å². The summed E-state index contributed by atoms with van der Waals surface area (Å²) in [4.78, 5) is 11.4. The molecule has 0 spiro atoms. The normalized spacial score (nSPS) is 41.6. The highest BCUT2D eigenvalue weighted by Crippen LogP contribution is 2.29. The third-order valence-corrected chi connectivity index (χ3v) is 3.87. The minimum absolute atomic E-state index is 0.0435. The fourth-order valence-electron chi connectivity index (χ4n) is 2.89. The topological polar surface area (TPSA) is 38.3 Å². The lowest BCUT2D eigenvalue weighted by atomic mass is 9.78. The Hall–Kier alpha value is -0.570. The minimum atomic E-state index is -0.0556. The summed E-state index contributed by atoms with van der Waals surface area (Å²) in [7, 11) is 0. The van der Waals surface area contributed by atoms with Gasteiger partial charge >= 0.3 is 5.97 Å². The number of cyclic esters (lactones) is 1. The molecule has 1 aliphatic heterocycles. The van der Waals surface area contributed by atoms with E-state index < -0.39 is 0 Å². The molecule has 3 nitrogen and oxygen atoms in total. The molecule has 2 fully saturated rings. The molecule has 1 saturated carbocycles. The average Bonchev–Trinajstić information content (AvgIpc) is 2.58. The summed E-state index contributed by atoms with van der Waals surface area (Å²) in [5, 5.41) is 3.49. The van der Waals surface area contributed by atoms with Crippen molar-refractivity contribution in [2.24, 2.45) is 11.8 Å². The minimum Gasteiger partial charge on any atom is -0.464 e. The number of carbonyl (C=O) groups excluding carboxylic acids is 1. The van der Waals surface area contributed by atoms with Crippen molar-refractivity contribution in [1.29, 1.82) is 0 Å². The van der Waals surface area contributed by atoms with Crippen LogP contribution in [-0.4, -0.2) is 24.7 Å². The third-order valence-electron chi connectivity index (χ3n) is 3.87. The van der Waals surface area contributed by atoms with Crippen molar-refractivity contribution >= 4 is 5.97 Å². The van der Waals surface area contributed by atoms with Gasteiger partial charge in [0.15, 0.2) is 0 Å². The molecule has 0 radical (unpaired) electrons. The number of hydrogen-bond acceptors (Lipinski definition) is 3. The summed E-state index contributed by atoms with van der Waals surface area (Å²) in [5.74, 6) is 1.31. The third kappa shape index (κ3) is 2.33. The van der Waals surface area contributed by atoms with E-state index in [1.807, 2.05) is 0 Å². The molecule has 0 amide bonds. The van der Waals surface area contributed by atoms with Crippen molar-refractivity contribution in [2.45, 2.75) is 51.6 Å². The molecule has 0 aromatic heterocycles. The molecule has 1 saturated heterocycles. The first kappa shape index (κ1) is 10.9. The first-order valence-electron chi connectivity index (χ1n) is 6.11. The predicted molar refractivity (Wildman–Crippen MR) is 58.5 cm³/mol. The number of hydrogen-bond donors (Lipinski definition) is 1. The molecule has 1 aliphatic carbocycles. The number of carbonyl (C=O) groups is 1. The van der Waals surface area contributed by atoms with Gasteiger partial charge in [-0.15, -0.1) is 0 Å². The van der Waals surface area contributed by atoms with Gasteiger partial charge in [0.25, 0.3) is 0 Å². The first-order valence-corrected chi connectivity index (χ1v) is 6.11. The van der Waals surface area contributed by atoms with E-state index in [1.165, 1.54) is 19.3 Å². The Bertz CT molecular complexity index is 232. The lowest BCUT2D eigenvalue weighted by Crippen LogP contribution is -2.49. The molecule has 3 unspecified atom stereocenters. The summed E-state index contributed by atoms with van der Waals surface area (Å²) in [6.07, 6.45) is 4.73. The van der Waals surface area contributed by atoms with E-state index in [0.29, 0.717) is 24.5 Å². The molecule has 86 valence electrons. The molecule has 2 aliphatic rings. The molecular weight excluding hydrogens is 190 g/mol. The van der Waals surface area contributed by atoms with Crippen LogP contribution in [0.25, 0.3) is 0 Å². The van der Waals surface area contributed by atoms with Crippen molar-refractivity contribution in [3.05, 3.63) is 0 Å². The van der Waals surface area contributed by atoms with Crippen LogP contribution in [0.1, 0.15) is 39.5 Å². The van der Waals surface area contributed by atoms with E-state index >= 15 is 0 Å². The maximum Gasteiger partial charge on any atom is 0.323 e. The summed E-state index contributed by atoms with van der Waals surface area (Å²) in [5.41, 5.74) is 0. The zero-order valence-electron chi connectivity index (χ0n) is 9.66. The van der Waals surface area contributed by atoms with E-state index in [0.717, 1.165) is 6.42 Å². The fourth-order valence-corrected chi connectivity index (χ4v) is 2.89. The standard InChI is InChI=1S/C12H21NO2/c1-8-4-3-5-9(2)11(8)13-10-6-7-15-12(10)14/h8-11,13H,3-7H2,1-2H3. The Labute approximate surface area is 91.6 Å². The Morgan fingerprint density at radius 1 is 1.20 bits per heavy atom. The van der Waals surface area contributed by atoms with Crippen LogP contribution < -0.4 is 5.32 Å². The van der Waals surface area contributed by atoms with Gasteiger partial charge in [-0.2, -0.15) is 0 Å². The van der Waals surface area contributed by atoms with Crippen LogP contribution in [0.5, 0.6) is 0 Å². The van der Waals surface area contributed by atoms with Crippen LogP contribution in [0.3, 0.4) is 0 Å². The van der Waals surface area contributed by atoms with E-state index in [1.54, 1.807) is 0 Å². The van der Waals surface area contributed by atoms with E-state index in [4.69, 9.17) is 4.74 Å². The first-order chi connectivity index (χ1) is 7.18. The summed E-state index contributed by atoms with van der Waals surface area (Å²) in [6.45, 7) is 5.16. The molecule has 2 rings (SSSR count). The molecule has 1 heterocycles. The molecule has 0 bridgehead atoms. The molecule has 15 heavy (non-hydrogen) atoms. The van der Waals surface area contributed by atoms with Gasteiger partial charge in [-0.05, 0) is 24.7 Å². The SMILES string of the molecule is CC1CCCC(C)C1NC1CCOC1=O. The summed E-state index contributed by atoms with van der Waals surface area (Å²) >= 11 is 0. The van der Waals surface area contributed by atoms with Crippen molar-refractivity contribution in [3.8, 4) is 0 Å². The quantitative estimate of drug-likeness (QED) is 0.707. The van der Waals surface area contributed by atoms with Crippen LogP contribution in [0.2, 0.25) is 0 Å². The van der Waals surface area contributed by atoms with Crippen LogP contribution >= 0.6 is 0 Å². The molecule has 3 atom stereocenters. The zero-order chi connectivity index (χ0) is 10.8. The Balaban J connectivity index is 1.93. The van der Waals surface area contributed by atoms with Gasteiger partial charge in [-0.25, -0.2) is 0 Å². The van der Waals surface area contributed by atoms with Crippen LogP contribution in [0.15, 0.2) is 0 Å². The average molecular weight is 211 g/mol. The number of nitrogens with one attached hydrogen (secondary N) is 1. The maximum absolute atomic E-state index is 11.4. The van der Waals surface area contributed by atoms with Crippen LogP contribution in [0.4, 0.5) is 0 Å². The van der Waals surface area contributed by atoms with Gasteiger partial charge < -0.3 is 10.1 Å². The monoisotopic (exact) mass is 211 g/mol. The largest absolute Gasteiger partial charge is 0.464 e. The number of ether oxygens (including phenoxy) is 1. The van der Waals surface area contributed by atoms with Crippen molar-refractivity contribution < 1.29 is 9.53 Å². The summed E-state index contributed by atoms with van der Waals surface area (Å²) < 4.78 is 4.98. The lowest BCUT2D eigenvalue weighted by molar-refractivity contribution is -0.140. The molecule has 0 aromatic carbocycles. The smallest absolute Gasteiger partial charge is 0.323 e. The van der Waals surface area contributed by atoms with Gasteiger partial charge in [0.1, 0.15) is 6.04 Å². The zero-order valence-corrected chi connectivity index (χ0v) is 9.66. The van der Waals surface area contributed by atoms with Crippen molar-refractivity contribution in [1.82, 2.24) is 5.32 Å². The molecule has 3 heteroatoms. The van der Waals surface area contributed by atoms with Gasteiger partial charge in [-0.3, -0.25) is 4.79 Å². The second-order valence-corrected chi connectivity index (χ2v) is 5.09. The second-order valence-electron chi connectivity index (χ2n) is 5.09. The molecule has 0 aromatic rings. The number of esters is 1.